The molecule has 1 aromatic heterocycles. The molecule has 4 heteroatoms. The Balaban J connectivity index is 1.19. The number of amides is 1. The fourth-order valence-electron chi connectivity index (χ4n) is 5.13. The third-order valence-electron chi connectivity index (χ3n) is 7.17. The molecule has 0 saturated carbocycles. The lowest BCUT2D eigenvalue weighted by molar-refractivity contribution is 0.102. The number of benzene rings is 4. The molecule has 0 radical (unpaired) electrons. The Morgan fingerprint density at radius 1 is 0.833 bits per heavy atom. The summed E-state index contributed by atoms with van der Waals surface area (Å²) < 4.78 is 0. The fraction of sp³-hybridized carbons (Fsp3) is 0.188. The second-order valence-corrected chi connectivity index (χ2v) is 9.78. The third kappa shape index (κ3) is 4.60. The van der Waals surface area contributed by atoms with Gasteiger partial charge in [-0.1, -0.05) is 48.5 Å². The van der Waals surface area contributed by atoms with Crippen LogP contribution in [-0.2, 0) is 6.54 Å². The standard InChI is InChI=1S/C32H29N3O/c1-22-16-29-17-23(21-35-14-4-5-15-35)20-33-31(29)19-30(22)34-32(36)26-11-8-25(9-12-26)28-13-10-24-6-2-3-7-27(24)18-28/h2-3,6-13,16-20H,4-5,14-15,21H2,1H3,(H,34,36). The first kappa shape index (κ1) is 22.4. The van der Waals surface area contributed by atoms with Crippen LogP contribution in [0.2, 0.25) is 0 Å². The van der Waals surface area contributed by atoms with Gasteiger partial charge in [-0.2, -0.15) is 0 Å². The van der Waals surface area contributed by atoms with E-state index in [1.165, 1.54) is 42.3 Å². The number of rotatable bonds is 5. The molecule has 0 spiro atoms. The van der Waals surface area contributed by atoms with Gasteiger partial charge in [0.25, 0.3) is 5.91 Å². The normalized spacial score (nSPS) is 13.9. The summed E-state index contributed by atoms with van der Waals surface area (Å²) in [5.41, 5.74) is 6.83. The number of fused-ring (bicyclic) bond motifs is 2. The van der Waals surface area contributed by atoms with Gasteiger partial charge in [-0.25, -0.2) is 0 Å². The second-order valence-electron chi connectivity index (χ2n) is 9.78. The largest absolute Gasteiger partial charge is 0.322 e. The Morgan fingerprint density at radius 2 is 1.58 bits per heavy atom. The molecule has 0 aliphatic carbocycles. The highest BCUT2D eigenvalue weighted by Crippen LogP contribution is 2.27. The molecule has 4 aromatic carbocycles. The van der Waals surface area contributed by atoms with Crippen molar-refractivity contribution in [2.24, 2.45) is 0 Å². The average Bonchev–Trinajstić information content (AvgIpc) is 3.42. The van der Waals surface area contributed by atoms with Crippen molar-refractivity contribution >= 4 is 33.3 Å². The fourth-order valence-corrected chi connectivity index (χ4v) is 5.13. The molecule has 1 fully saturated rings. The number of carbonyl (C=O) groups is 1. The van der Waals surface area contributed by atoms with Crippen LogP contribution >= 0.6 is 0 Å². The van der Waals surface area contributed by atoms with E-state index in [1.54, 1.807) is 0 Å². The van der Waals surface area contributed by atoms with Gasteiger partial charge in [0.15, 0.2) is 0 Å². The lowest BCUT2D eigenvalue weighted by Crippen LogP contribution is -2.18. The number of pyridine rings is 1. The van der Waals surface area contributed by atoms with Gasteiger partial charge in [0.05, 0.1) is 5.52 Å². The van der Waals surface area contributed by atoms with E-state index in [4.69, 9.17) is 4.98 Å². The maximum atomic E-state index is 13.0. The number of nitrogens with zero attached hydrogens (tertiary/aromatic N) is 2. The van der Waals surface area contributed by atoms with E-state index in [2.05, 4.69) is 64.8 Å². The van der Waals surface area contributed by atoms with Gasteiger partial charge < -0.3 is 5.32 Å². The van der Waals surface area contributed by atoms with Crippen molar-refractivity contribution in [1.29, 1.82) is 0 Å². The number of aromatic nitrogens is 1. The Hall–Kier alpha value is -4.02. The molecule has 36 heavy (non-hydrogen) atoms. The summed E-state index contributed by atoms with van der Waals surface area (Å²) in [6.45, 7) is 5.33. The molecule has 1 aliphatic rings. The minimum Gasteiger partial charge on any atom is -0.322 e. The molecule has 6 rings (SSSR count). The zero-order valence-corrected chi connectivity index (χ0v) is 20.5. The molecule has 2 heterocycles. The van der Waals surface area contributed by atoms with Crippen LogP contribution in [0.15, 0.2) is 91.1 Å². The zero-order chi connectivity index (χ0) is 24.5. The van der Waals surface area contributed by atoms with E-state index in [-0.39, 0.29) is 5.91 Å². The van der Waals surface area contributed by atoms with E-state index in [9.17, 15) is 4.79 Å². The molecule has 1 saturated heterocycles. The summed E-state index contributed by atoms with van der Waals surface area (Å²) in [7, 11) is 0. The first-order valence-electron chi connectivity index (χ1n) is 12.6. The van der Waals surface area contributed by atoms with Gasteiger partial charge in [0, 0.05) is 29.4 Å². The summed E-state index contributed by atoms with van der Waals surface area (Å²) in [6, 6.07) is 28.9. The topological polar surface area (TPSA) is 45.2 Å². The Kier molecular flexibility index (Phi) is 5.96. The Bertz CT molecular complexity index is 1570. The Labute approximate surface area is 211 Å². The van der Waals surface area contributed by atoms with Crippen molar-refractivity contribution in [3.8, 4) is 11.1 Å². The van der Waals surface area contributed by atoms with Crippen molar-refractivity contribution in [3.05, 3.63) is 108 Å². The van der Waals surface area contributed by atoms with Gasteiger partial charge in [0.2, 0.25) is 0 Å². The lowest BCUT2D eigenvalue weighted by Gasteiger charge is -2.15. The molecule has 1 N–H and O–H groups in total. The van der Waals surface area contributed by atoms with Crippen LogP contribution in [0.25, 0.3) is 32.8 Å². The van der Waals surface area contributed by atoms with Crippen LogP contribution in [0.4, 0.5) is 5.69 Å². The molecule has 0 atom stereocenters. The predicted molar refractivity (Wildman–Crippen MR) is 148 cm³/mol. The summed E-state index contributed by atoms with van der Waals surface area (Å²) in [5, 5.41) is 6.63. The molecule has 5 aromatic rings. The highest BCUT2D eigenvalue weighted by molar-refractivity contribution is 6.06. The Morgan fingerprint density at radius 3 is 2.39 bits per heavy atom. The highest BCUT2D eigenvalue weighted by atomic mass is 16.1. The third-order valence-corrected chi connectivity index (χ3v) is 7.17. The monoisotopic (exact) mass is 471 g/mol. The molecule has 0 unspecified atom stereocenters. The van der Waals surface area contributed by atoms with Crippen LogP contribution in [0, 0.1) is 6.92 Å². The quantitative estimate of drug-likeness (QED) is 0.294. The highest BCUT2D eigenvalue weighted by Gasteiger charge is 2.14. The maximum absolute atomic E-state index is 13.0. The van der Waals surface area contributed by atoms with E-state index >= 15 is 0 Å². The summed E-state index contributed by atoms with van der Waals surface area (Å²) in [6.07, 6.45) is 4.54. The first-order chi connectivity index (χ1) is 17.6. The van der Waals surface area contributed by atoms with Crippen molar-refractivity contribution in [1.82, 2.24) is 9.88 Å². The van der Waals surface area contributed by atoms with Crippen LogP contribution in [-0.4, -0.2) is 28.9 Å². The number of aryl methyl sites for hydroxylation is 1. The summed E-state index contributed by atoms with van der Waals surface area (Å²) >= 11 is 0. The minimum absolute atomic E-state index is 0.117. The van der Waals surface area contributed by atoms with E-state index in [1.807, 2.05) is 43.5 Å². The van der Waals surface area contributed by atoms with Crippen molar-refractivity contribution < 1.29 is 4.79 Å². The van der Waals surface area contributed by atoms with Gasteiger partial charge in [-0.05, 0) is 102 Å². The molecule has 1 amide bonds. The van der Waals surface area contributed by atoms with Gasteiger partial charge >= 0.3 is 0 Å². The van der Waals surface area contributed by atoms with Crippen LogP contribution in [0.5, 0.6) is 0 Å². The molecule has 0 bridgehead atoms. The van der Waals surface area contributed by atoms with Crippen LogP contribution < -0.4 is 5.32 Å². The summed E-state index contributed by atoms with van der Waals surface area (Å²) in [5.74, 6) is -0.117. The minimum atomic E-state index is -0.117. The van der Waals surface area contributed by atoms with Crippen molar-refractivity contribution in [2.45, 2.75) is 26.3 Å². The molecule has 4 nitrogen and oxygen atoms in total. The van der Waals surface area contributed by atoms with Gasteiger partial charge in [-0.3, -0.25) is 14.7 Å². The lowest BCUT2D eigenvalue weighted by atomic mass is 10.00. The van der Waals surface area contributed by atoms with Crippen LogP contribution in [0.3, 0.4) is 0 Å². The van der Waals surface area contributed by atoms with E-state index in [0.29, 0.717) is 5.56 Å². The maximum Gasteiger partial charge on any atom is 0.255 e. The number of carbonyl (C=O) groups excluding carboxylic acids is 1. The van der Waals surface area contributed by atoms with E-state index < -0.39 is 0 Å². The number of hydrogen-bond acceptors (Lipinski definition) is 3. The van der Waals surface area contributed by atoms with Gasteiger partial charge in [0.1, 0.15) is 0 Å². The van der Waals surface area contributed by atoms with Crippen molar-refractivity contribution in [2.75, 3.05) is 18.4 Å². The molecular weight excluding hydrogens is 442 g/mol. The first-order valence-corrected chi connectivity index (χ1v) is 12.6. The van der Waals surface area contributed by atoms with E-state index in [0.717, 1.165) is 39.8 Å². The second kappa shape index (κ2) is 9.56. The SMILES string of the molecule is Cc1cc2cc(CN3CCCC3)cnc2cc1NC(=O)c1ccc(-c2ccc3ccccc3c2)cc1. The van der Waals surface area contributed by atoms with Crippen LogP contribution in [0.1, 0.15) is 34.3 Å². The zero-order valence-electron chi connectivity index (χ0n) is 20.5. The number of likely N-dealkylation sites (tertiary alicyclic amines) is 1. The number of hydrogen-bond donors (Lipinski definition) is 1. The molecule has 178 valence electrons. The summed E-state index contributed by atoms with van der Waals surface area (Å²) in [4.78, 5) is 20.2. The van der Waals surface area contributed by atoms with Gasteiger partial charge in [-0.15, -0.1) is 0 Å². The number of nitrogens with one attached hydrogen (secondary N) is 1. The predicted octanol–water partition coefficient (Wildman–Crippen LogP) is 7.21. The smallest absolute Gasteiger partial charge is 0.255 e. The van der Waals surface area contributed by atoms with Crippen molar-refractivity contribution in [3.63, 3.8) is 0 Å². The number of anilines is 1. The molecular formula is C32H29N3O. The molecule has 1 aliphatic heterocycles. The average molecular weight is 472 g/mol.